The molecule has 1 aliphatic rings. The van der Waals surface area contributed by atoms with Crippen molar-refractivity contribution >= 4 is 45.5 Å². The maximum absolute atomic E-state index is 13.0. The van der Waals surface area contributed by atoms with E-state index < -0.39 is 17.7 Å². The lowest BCUT2D eigenvalue weighted by molar-refractivity contribution is -0.132. The Balaban J connectivity index is 1.92. The first-order chi connectivity index (χ1) is 14.4. The summed E-state index contributed by atoms with van der Waals surface area (Å²) in [6.07, 6.45) is 0.663. The van der Waals surface area contributed by atoms with Gasteiger partial charge in [-0.3, -0.25) is 14.5 Å². The largest absolute Gasteiger partial charge is 0.507 e. The molecule has 0 bridgehead atoms. The minimum atomic E-state index is -0.832. The third-order valence-electron chi connectivity index (χ3n) is 4.92. The number of carbonyl (C=O) groups is 2. The summed E-state index contributed by atoms with van der Waals surface area (Å²) in [5.41, 5.74) is 2.13. The lowest BCUT2D eigenvalue weighted by Crippen LogP contribution is -2.29. The molecule has 0 aliphatic carbocycles. The molecule has 6 nitrogen and oxygen atoms in total. The Hall–Kier alpha value is -3.03. The molecule has 0 spiro atoms. The van der Waals surface area contributed by atoms with E-state index in [9.17, 15) is 14.7 Å². The third-order valence-corrected chi connectivity index (χ3v) is 6.24. The van der Waals surface area contributed by atoms with Gasteiger partial charge >= 0.3 is 5.91 Å². The topological polar surface area (TPSA) is 83.4 Å². The number of amides is 1. The Kier molecular flexibility index (Phi) is 5.40. The molecule has 1 fully saturated rings. The highest BCUT2D eigenvalue weighted by molar-refractivity contribution is 7.15. The van der Waals surface area contributed by atoms with Gasteiger partial charge in [0.2, 0.25) is 5.13 Å². The maximum Gasteiger partial charge on any atom is 0.301 e. The number of aliphatic hydroxyl groups excluding tert-OH is 1. The van der Waals surface area contributed by atoms with Gasteiger partial charge < -0.3 is 5.11 Å². The molecule has 2 aromatic carbocycles. The van der Waals surface area contributed by atoms with Crippen molar-refractivity contribution in [3.05, 3.63) is 80.8 Å². The number of aryl methyl sites for hydroxylation is 2. The highest BCUT2D eigenvalue weighted by atomic mass is 35.5. The van der Waals surface area contributed by atoms with Crippen molar-refractivity contribution in [2.45, 2.75) is 26.3 Å². The monoisotopic (exact) mass is 439 g/mol. The van der Waals surface area contributed by atoms with Gasteiger partial charge in [0, 0.05) is 10.6 Å². The molecule has 30 heavy (non-hydrogen) atoms. The summed E-state index contributed by atoms with van der Waals surface area (Å²) >= 11 is 7.28. The van der Waals surface area contributed by atoms with Crippen LogP contribution in [-0.2, 0) is 16.0 Å². The van der Waals surface area contributed by atoms with Gasteiger partial charge in [-0.15, -0.1) is 10.2 Å². The van der Waals surface area contributed by atoms with Gasteiger partial charge in [0.1, 0.15) is 10.8 Å². The van der Waals surface area contributed by atoms with Crippen LogP contribution >= 0.6 is 22.9 Å². The van der Waals surface area contributed by atoms with Crippen LogP contribution in [0.15, 0.2) is 54.1 Å². The predicted molar refractivity (Wildman–Crippen MR) is 117 cm³/mol. The van der Waals surface area contributed by atoms with E-state index in [1.807, 2.05) is 26.0 Å². The van der Waals surface area contributed by atoms with Gasteiger partial charge in [-0.2, -0.15) is 0 Å². The SMILES string of the molecule is CCc1nnc(N2C(=O)C(=O)/C(=C(/O)c3ccc(C)cc3)C2c2ccc(Cl)cc2)s1. The molecular weight excluding hydrogens is 422 g/mol. The molecule has 1 amide bonds. The molecule has 1 saturated heterocycles. The number of aliphatic hydroxyl groups is 1. The van der Waals surface area contributed by atoms with Gasteiger partial charge in [-0.05, 0) is 31.0 Å². The lowest BCUT2D eigenvalue weighted by atomic mass is 9.95. The number of Topliss-reactive ketones (excluding diaryl/α,β-unsaturated/α-hetero) is 1. The minimum Gasteiger partial charge on any atom is -0.507 e. The smallest absolute Gasteiger partial charge is 0.301 e. The van der Waals surface area contributed by atoms with Crippen molar-refractivity contribution in [1.82, 2.24) is 10.2 Å². The van der Waals surface area contributed by atoms with E-state index in [1.54, 1.807) is 36.4 Å². The van der Waals surface area contributed by atoms with Crippen molar-refractivity contribution in [1.29, 1.82) is 0 Å². The standard InChI is InChI=1S/C22H18ClN3O3S/c1-3-16-24-25-22(30-16)26-18(13-8-10-15(23)11-9-13)17(20(28)21(26)29)19(27)14-6-4-12(2)5-7-14/h4-11,18,27H,3H2,1-2H3/b19-17+. The molecular formula is C22H18ClN3O3S. The maximum atomic E-state index is 13.0. The number of anilines is 1. The summed E-state index contributed by atoms with van der Waals surface area (Å²) in [6, 6.07) is 13.1. The first-order valence-corrected chi connectivity index (χ1v) is 10.6. The number of ketones is 1. The number of rotatable bonds is 4. The first-order valence-electron chi connectivity index (χ1n) is 9.36. The van der Waals surface area contributed by atoms with Crippen LogP contribution in [-0.4, -0.2) is 27.0 Å². The Morgan fingerprint density at radius 1 is 1.10 bits per heavy atom. The number of hydrogen-bond donors (Lipinski definition) is 1. The van der Waals surface area contributed by atoms with Crippen molar-refractivity contribution in [2.24, 2.45) is 0 Å². The molecule has 1 N–H and O–H groups in total. The number of aromatic nitrogens is 2. The lowest BCUT2D eigenvalue weighted by Gasteiger charge is -2.22. The van der Waals surface area contributed by atoms with Crippen LogP contribution in [0.1, 0.15) is 34.7 Å². The van der Waals surface area contributed by atoms with Crippen LogP contribution in [0.25, 0.3) is 5.76 Å². The molecule has 8 heteroatoms. The summed E-state index contributed by atoms with van der Waals surface area (Å²) in [4.78, 5) is 27.3. The number of nitrogens with zero attached hydrogens (tertiary/aromatic N) is 3. The quantitative estimate of drug-likeness (QED) is 0.362. The third kappa shape index (κ3) is 3.51. The van der Waals surface area contributed by atoms with Crippen LogP contribution in [0.4, 0.5) is 5.13 Å². The van der Waals surface area contributed by atoms with Crippen molar-refractivity contribution < 1.29 is 14.7 Å². The summed E-state index contributed by atoms with van der Waals surface area (Å²) < 4.78 is 0. The summed E-state index contributed by atoms with van der Waals surface area (Å²) in [7, 11) is 0. The summed E-state index contributed by atoms with van der Waals surface area (Å²) in [6.45, 7) is 3.86. The first kappa shape index (κ1) is 20.3. The Morgan fingerprint density at radius 2 is 1.77 bits per heavy atom. The number of benzene rings is 2. The second-order valence-corrected chi connectivity index (χ2v) is 8.40. The van der Waals surface area contributed by atoms with Crippen molar-refractivity contribution in [2.75, 3.05) is 4.90 Å². The Labute approximate surface area is 182 Å². The molecule has 2 heterocycles. The van der Waals surface area contributed by atoms with Gasteiger partial charge in [0.05, 0.1) is 11.6 Å². The molecule has 1 aliphatic heterocycles. The van der Waals surface area contributed by atoms with Gasteiger partial charge in [-0.1, -0.05) is 71.8 Å². The van der Waals surface area contributed by atoms with Crippen molar-refractivity contribution in [3.63, 3.8) is 0 Å². The number of halogens is 1. The summed E-state index contributed by atoms with van der Waals surface area (Å²) in [5.74, 6) is -1.74. The molecule has 152 valence electrons. The number of hydrogen-bond acceptors (Lipinski definition) is 6. The van der Waals surface area contributed by atoms with E-state index in [0.29, 0.717) is 27.7 Å². The van der Waals surface area contributed by atoms with Gasteiger partial charge in [0.15, 0.2) is 0 Å². The molecule has 0 saturated carbocycles. The van der Waals surface area contributed by atoms with Crippen LogP contribution in [0.2, 0.25) is 5.02 Å². The van der Waals surface area contributed by atoms with Crippen LogP contribution in [0.5, 0.6) is 0 Å². The fourth-order valence-corrected chi connectivity index (χ4v) is 4.27. The molecule has 1 atom stereocenters. The predicted octanol–water partition coefficient (Wildman–Crippen LogP) is 4.69. The Morgan fingerprint density at radius 3 is 2.37 bits per heavy atom. The van der Waals surface area contributed by atoms with E-state index in [4.69, 9.17) is 11.6 Å². The zero-order valence-corrected chi connectivity index (χ0v) is 17.9. The van der Waals surface area contributed by atoms with E-state index in [1.165, 1.54) is 16.2 Å². The fraction of sp³-hybridized carbons (Fsp3) is 0.182. The second-order valence-electron chi connectivity index (χ2n) is 6.92. The molecule has 0 radical (unpaired) electrons. The normalized spacial score (nSPS) is 18.2. The van der Waals surface area contributed by atoms with E-state index >= 15 is 0 Å². The van der Waals surface area contributed by atoms with Crippen LogP contribution < -0.4 is 4.90 Å². The Bertz CT molecular complexity index is 1150. The number of carbonyl (C=O) groups excluding carboxylic acids is 2. The van der Waals surface area contributed by atoms with Gasteiger partial charge in [-0.25, -0.2) is 0 Å². The molecule has 3 aromatic rings. The molecule has 1 aromatic heterocycles. The highest BCUT2D eigenvalue weighted by Gasteiger charge is 2.48. The summed E-state index contributed by atoms with van der Waals surface area (Å²) in [5, 5.41) is 20.8. The van der Waals surface area contributed by atoms with E-state index in [-0.39, 0.29) is 11.3 Å². The van der Waals surface area contributed by atoms with E-state index in [0.717, 1.165) is 10.6 Å². The second kappa shape index (κ2) is 8.01. The van der Waals surface area contributed by atoms with Crippen LogP contribution in [0.3, 0.4) is 0 Å². The molecule has 1 unspecified atom stereocenters. The fourth-order valence-electron chi connectivity index (χ4n) is 3.34. The minimum absolute atomic E-state index is 0.0134. The molecule has 4 rings (SSSR count). The zero-order valence-electron chi connectivity index (χ0n) is 16.3. The highest BCUT2D eigenvalue weighted by Crippen LogP contribution is 2.43. The van der Waals surface area contributed by atoms with Crippen molar-refractivity contribution in [3.8, 4) is 0 Å². The van der Waals surface area contributed by atoms with E-state index in [2.05, 4.69) is 10.2 Å². The van der Waals surface area contributed by atoms with Gasteiger partial charge in [0.25, 0.3) is 5.78 Å². The average Bonchev–Trinajstić information content (AvgIpc) is 3.31. The van der Waals surface area contributed by atoms with Crippen LogP contribution in [0, 0.1) is 6.92 Å². The average molecular weight is 440 g/mol. The zero-order chi connectivity index (χ0) is 21.4.